The molecule has 1 aliphatic rings. The van der Waals surface area contributed by atoms with Crippen LogP contribution in [-0.2, 0) is 10.0 Å². The highest BCUT2D eigenvalue weighted by molar-refractivity contribution is 7.89. The smallest absolute Gasteiger partial charge is 0.246 e. The van der Waals surface area contributed by atoms with Crippen molar-refractivity contribution in [1.82, 2.24) is 14.5 Å². The number of nitrogens with one attached hydrogen (secondary N) is 1. The summed E-state index contributed by atoms with van der Waals surface area (Å²) in [6.07, 6.45) is 3.38. The number of methoxy groups -OCH3 is 2. The largest absolute Gasteiger partial charge is 0.493 e. The number of sulfonamides is 1. The maximum absolute atomic E-state index is 13.1. The van der Waals surface area contributed by atoms with Crippen molar-refractivity contribution in [3.05, 3.63) is 35.7 Å². The molecule has 25 heavy (non-hydrogen) atoms. The fraction of sp³-hybridized carbons (Fsp3) is 0.471. The summed E-state index contributed by atoms with van der Waals surface area (Å²) in [5.41, 5.74) is 2.23. The molecule has 8 heteroatoms. The van der Waals surface area contributed by atoms with Gasteiger partial charge in [-0.2, -0.15) is 9.40 Å². The Morgan fingerprint density at radius 1 is 1.20 bits per heavy atom. The van der Waals surface area contributed by atoms with Crippen molar-refractivity contribution >= 4 is 10.0 Å². The second kappa shape index (κ2) is 7.05. The number of hydrogen-bond donors (Lipinski definition) is 1. The van der Waals surface area contributed by atoms with Crippen LogP contribution in [0.15, 0.2) is 29.3 Å². The van der Waals surface area contributed by atoms with Gasteiger partial charge >= 0.3 is 0 Å². The number of benzene rings is 1. The summed E-state index contributed by atoms with van der Waals surface area (Å²) < 4.78 is 38.2. The average Bonchev–Trinajstić information content (AvgIpc) is 3.07. The molecule has 0 atom stereocenters. The average molecular weight is 365 g/mol. The molecule has 7 nitrogen and oxygen atoms in total. The first-order chi connectivity index (χ1) is 12.0. The Kier molecular flexibility index (Phi) is 5.01. The number of aromatic nitrogens is 2. The lowest BCUT2D eigenvalue weighted by Gasteiger charge is -2.31. The van der Waals surface area contributed by atoms with Crippen molar-refractivity contribution in [3.63, 3.8) is 0 Å². The summed E-state index contributed by atoms with van der Waals surface area (Å²) in [7, 11) is -0.693. The SMILES string of the molecule is COc1cccc(S(=O)(=O)N2CCC(c3cn[nH]c3C)CC2)c1OC. The van der Waals surface area contributed by atoms with Crippen LogP contribution in [0.5, 0.6) is 11.5 Å². The van der Waals surface area contributed by atoms with Crippen LogP contribution in [-0.4, -0.2) is 50.2 Å². The first-order valence-electron chi connectivity index (χ1n) is 8.20. The molecule has 1 aromatic heterocycles. The van der Waals surface area contributed by atoms with Crippen LogP contribution in [0.1, 0.15) is 30.0 Å². The Hall–Kier alpha value is -2.06. The summed E-state index contributed by atoms with van der Waals surface area (Å²) in [5, 5.41) is 7.02. The number of hydrogen-bond acceptors (Lipinski definition) is 5. The molecule has 1 saturated heterocycles. The number of para-hydroxylation sites is 1. The van der Waals surface area contributed by atoms with Gasteiger partial charge in [0.05, 0.1) is 20.4 Å². The number of ether oxygens (including phenoxy) is 2. The van der Waals surface area contributed by atoms with Gasteiger partial charge in [-0.3, -0.25) is 5.10 Å². The lowest BCUT2D eigenvalue weighted by Crippen LogP contribution is -2.38. The van der Waals surface area contributed by atoms with Crippen LogP contribution in [0.25, 0.3) is 0 Å². The molecule has 1 N–H and O–H groups in total. The van der Waals surface area contributed by atoms with E-state index in [-0.39, 0.29) is 10.6 Å². The number of rotatable bonds is 5. The number of aryl methyl sites for hydroxylation is 1. The predicted octanol–water partition coefficient (Wildman–Crippen LogP) is 2.30. The number of H-pyrrole nitrogens is 1. The quantitative estimate of drug-likeness (QED) is 0.879. The highest BCUT2D eigenvalue weighted by Gasteiger charge is 2.33. The van der Waals surface area contributed by atoms with Gasteiger partial charge in [0.1, 0.15) is 4.90 Å². The standard InChI is InChI=1S/C17H23N3O4S/c1-12-14(11-18-19-12)13-7-9-20(10-8-13)25(21,22)16-6-4-5-15(23-2)17(16)24-3/h4-6,11,13H,7-10H2,1-3H3,(H,18,19). The van der Waals surface area contributed by atoms with Gasteiger partial charge in [-0.15, -0.1) is 0 Å². The van der Waals surface area contributed by atoms with E-state index in [1.807, 2.05) is 13.1 Å². The second-order valence-corrected chi connectivity index (χ2v) is 8.03. The number of aromatic amines is 1. The molecule has 1 fully saturated rings. The summed E-state index contributed by atoms with van der Waals surface area (Å²) >= 11 is 0. The fourth-order valence-corrected chi connectivity index (χ4v) is 5.02. The molecule has 1 aliphatic heterocycles. The molecular formula is C17H23N3O4S. The summed E-state index contributed by atoms with van der Waals surface area (Å²) in [6, 6.07) is 4.91. The molecule has 0 saturated carbocycles. The van der Waals surface area contributed by atoms with E-state index >= 15 is 0 Å². The lowest BCUT2D eigenvalue weighted by molar-refractivity contribution is 0.314. The zero-order chi connectivity index (χ0) is 18.0. The molecule has 0 bridgehead atoms. The van der Waals surface area contributed by atoms with Crippen LogP contribution < -0.4 is 9.47 Å². The van der Waals surface area contributed by atoms with Crippen molar-refractivity contribution < 1.29 is 17.9 Å². The Balaban J connectivity index is 1.82. The summed E-state index contributed by atoms with van der Waals surface area (Å²) in [4.78, 5) is 0.146. The highest BCUT2D eigenvalue weighted by Crippen LogP contribution is 2.37. The monoisotopic (exact) mass is 365 g/mol. The van der Waals surface area contributed by atoms with Gasteiger partial charge in [0, 0.05) is 18.8 Å². The first kappa shape index (κ1) is 17.8. The van der Waals surface area contributed by atoms with E-state index in [0.717, 1.165) is 18.5 Å². The molecule has 3 rings (SSSR count). The highest BCUT2D eigenvalue weighted by atomic mass is 32.2. The Labute approximate surface area is 148 Å². The lowest BCUT2D eigenvalue weighted by atomic mass is 9.91. The maximum atomic E-state index is 13.1. The van der Waals surface area contributed by atoms with E-state index in [1.54, 1.807) is 18.2 Å². The maximum Gasteiger partial charge on any atom is 0.246 e. The molecule has 0 aliphatic carbocycles. The van der Waals surface area contributed by atoms with E-state index < -0.39 is 10.0 Å². The normalized spacial score (nSPS) is 16.8. The van der Waals surface area contributed by atoms with E-state index in [2.05, 4.69) is 10.2 Å². The van der Waals surface area contributed by atoms with Crippen LogP contribution in [0, 0.1) is 6.92 Å². The molecule has 136 valence electrons. The minimum atomic E-state index is -3.63. The van der Waals surface area contributed by atoms with Gasteiger partial charge in [0.2, 0.25) is 10.0 Å². The van der Waals surface area contributed by atoms with E-state index in [9.17, 15) is 8.42 Å². The minimum absolute atomic E-state index is 0.146. The van der Waals surface area contributed by atoms with Crippen LogP contribution >= 0.6 is 0 Å². The van der Waals surface area contributed by atoms with Crippen molar-refractivity contribution in [1.29, 1.82) is 0 Å². The van der Waals surface area contributed by atoms with Crippen molar-refractivity contribution in [2.75, 3.05) is 27.3 Å². The second-order valence-electron chi connectivity index (χ2n) is 6.12. The molecule has 2 heterocycles. The summed E-state index contributed by atoms with van der Waals surface area (Å²) in [6.45, 7) is 2.93. The topological polar surface area (TPSA) is 84.5 Å². The third-order valence-electron chi connectivity index (χ3n) is 4.75. The molecule has 2 aromatic rings. The molecule has 0 amide bonds. The van der Waals surface area contributed by atoms with E-state index in [1.165, 1.54) is 24.1 Å². The van der Waals surface area contributed by atoms with Gasteiger partial charge in [-0.1, -0.05) is 6.07 Å². The third kappa shape index (κ3) is 3.23. The molecule has 1 aromatic carbocycles. The van der Waals surface area contributed by atoms with Gasteiger partial charge in [0.15, 0.2) is 11.5 Å². The van der Waals surface area contributed by atoms with Crippen molar-refractivity contribution in [2.45, 2.75) is 30.6 Å². The third-order valence-corrected chi connectivity index (χ3v) is 6.67. The minimum Gasteiger partial charge on any atom is -0.493 e. The van der Waals surface area contributed by atoms with Crippen LogP contribution in [0.3, 0.4) is 0 Å². The summed E-state index contributed by atoms with van der Waals surface area (Å²) in [5.74, 6) is 0.989. The van der Waals surface area contributed by atoms with Gasteiger partial charge in [-0.05, 0) is 43.4 Å². The number of piperidine rings is 1. The van der Waals surface area contributed by atoms with Gasteiger partial charge in [-0.25, -0.2) is 8.42 Å². The zero-order valence-corrected chi connectivity index (χ0v) is 15.5. The van der Waals surface area contributed by atoms with Gasteiger partial charge < -0.3 is 9.47 Å². The van der Waals surface area contributed by atoms with E-state index in [4.69, 9.17) is 9.47 Å². The Bertz CT molecular complexity index is 839. The number of nitrogens with zero attached hydrogens (tertiary/aromatic N) is 2. The predicted molar refractivity (Wildman–Crippen MR) is 93.6 cm³/mol. The molecular weight excluding hydrogens is 342 g/mol. The first-order valence-corrected chi connectivity index (χ1v) is 9.64. The van der Waals surface area contributed by atoms with Crippen LogP contribution in [0.2, 0.25) is 0 Å². The molecule has 0 spiro atoms. The van der Waals surface area contributed by atoms with E-state index in [0.29, 0.717) is 24.8 Å². The zero-order valence-electron chi connectivity index (χ0n) is 14.7. The van der Waals surface area contributed by atoms with Gasteiger partial charge in [0.25, 0.3) is 0 Å². The van der Waals surface area contributed by atoms with Crippen molar-refractivity contribution in [2.24, 2.45) is 0 Å². The molecule has 0 unspecified atom stereocenters. The van der Waals surface area contributed by atoms with Crippen LogP contribution in [0.4, 0.5) is 0 Å². The molecule has 0 radical (unpaired) electrons. The Morgan fingerprint density at radius 3 is 2.48 bits per heavy atom. The Morgan fingerprint density at radius 2 is 1.92 bits per heavy atom. The van der Waals surface area contributed by atoms with Crippen molar-refractivity contribution in [3.8, 4) is 11.5 Å². The fourth-order valence-electron chi connectivity index (χ4n) is 3.38.